The molecule has 112 valence electrons. The smallest absolute Gasteiger partial charge is 0.0705 e. The number of nitrogens with zero attached hydrogens (tertiary/aromatic N) is 2. The molecule has 0 aliphatic carbocycles. The number of pyridine rings is 1. The van der Waals surface area contributed by atoms with Gasteiger partial charge in [0, 0.05) is 42.3 Å². The van der Waals surface area contributed by atoms with Gasteiger partial charge in [0.1, 0.15) is 0 Å². The number of hydrogen-bond acceptors (Lipinski definition) is 3. The first-order chi connectivity index (χ1) is 9.87. The summed E-state index contributed by atoms with van der Waals surface area (Å²) in [5.41, 5.74) is 2.78. The standard InChI is InChI=1S/C18H25N3/c1-17(2)13-21(18(3,4)12-20-17)11-14-9-10-19-16-8-6-5-7-15(14)16/h5-10,20H,11-13H2,1-4H3. The summed E-state index contributed by atoms with van der Waals surface area (Å²) in [4.78, 5) is 7.06. The van der Waals surface area contributed by atoms with E-state index in [4.69, 9.17) is 0 Å². The lowest BCUT2D eigenvalue weighted by atomic mass is 9.90. The number of hydrogen-bond donors (Lipinski definition) is 1. The quantitative estimate of drug-likeness (QED) is 0.917. The summed E-state index contributed by atoms with van der Waals surface area (Å²) < 4.78 is 0. The second kappa shape index (κ2) is 5.08. The van der Waals surface area contributed by atoms with Crippen molar-refractivity contribution in [3.8, 4) is 0 Å². The van der Waals surface area contributed by atoms with Crippen LogP contribution in [0.3, 0.4) is 0 Å². The topological polar surface area (TPSA) is 28.2 Å². The molecule has 3 rings (SSSR count). The Morgan fingerprint density at radius 3 is 2.71 bits per heavy atom. The van der Waals surface area contributed by atoms with E-state index >= 15 is 0 Å². The monoisotopic (exact) mass is 283 g/mol. The van der Waals surface area contributed by atoms with E-state index in [0.717, 1.165) is 25.2 Å². The highest BCUT2D eigenvalue weighted by molar-refractivity contribution is 5.81. The third-order valence-electron chi connectivity index (χ3n) is 4.54. The highest BCUT2D eigenvalue weighted by Gasteiger charge is 2.37. The minimum Gasteiger partial charge on any atom is -0.309 e. The van der Waals surface area contributed by atoms with Crippen molar-refractivity contribution in [2.75, 3.05) is 13.1 Å². The van der Waals surface area contributed by atoms with Crippen molar-refractivity contribution in [1.29, 1.82) is 0 Å². The Hall–Kier alpha value is -1.45. The molecule has 1 aliphatic rings. The number of para-hydroxylation sites is 1. The first-order valence-electron chi connectivity index (χ1n) is 7.70. The van der Waals surface area contributed by atoms with E-state index in [1.165, 1.54) is 10.9 Å². The molecule has 0 spiro atoms. The third kappa shape index (κ3) is 2.94. The molecular weight excluding hydrogens is 258 g/mol. The Balaban J connectivity index is 1.93. The Morgan fingerprint density at radius 2 is 1.90 bits per heavy atom. The average molecular weight is 283 g/mol. The van der Waals surface area contributed by atoms with Crippen LogP contribution in [0.1, 0.15) is 33.3 Å². The van der Waals surface area contributed by atoms with Gasteiger partial charge < -0.3 is 5.32 Å². The van der Waals surface area contributed by atoms with Crippen molar-refractivity contribution in [2.45, 2.75) is 45.3 Å². The van der Waals surface area contributed by atoms with Crippen LogP contribution in [0.25, 0.3) is 10.9 Å². The molecule has 1 aliphatic heterocycles. The van der Waals surface area contributed by atoms with Gasteiger partial charge in [0.2, 0.25) is 0 Å². The maximum Gasteiger partial charge on any atom is 0.0705 e. The molecule has 3 nitrogen and oxygen atoms in total. The van der Waals surface area contributed by atoms with Crippen molar-refractivity contribution in [3.63, 3.8) is 0 Å². The van der Waals surface area contributed by atoms with E-state index in [1.807, 2.05) is 6.20 Å². The van der Waals surface area contributed by atoms with Gasteiger partial charge in [-0.1, -0.05) is 18.2 Å². The van der Waals surface area contributed by atoms with Gasteiger partial charge in [-0.3, -0.25) is 9.88 Å². The summed E-state index contributed by atoms with van der Waals surface area (Å²) in [5.74, 6) is 0. The number of nitrogens with one attached hydrogen (secondary N) is 1. The van der Waals surface area contributed by atoms with Crippen molar-refractivity contribution < 1.29 is 0 Å². The number of fused-ring (bicyclic) bond motifs is 1. The van der Waals surface area contributed by atoms with Crippen LogP contribution in [0.5, 0.6) is 0 Å². The summed E-state index contributed by atoms with van der Waals surface area (Å²) >= 11 is 0. The molecule has 0 saturated carbocycles. The summed E-state index contributed by atoms with van der Waals surface area (Å²) in [6.07, 6.45) is 1.93. The summed E-state index contributed by atoms with van der Waals surface area (Å²) in [5, 5.41) is 4.92. The number of benzene rings is 1. The van der Waals surface area contributed by atoms with E-state index in [-0.39, 0.29) is 11.1 Å². The van der Waals surface area contributed by atoms with Gasteiger partial charge >= 0.3 is 0 Å². The maximum atomic E-state index is 4.47. The van der Waals surface area contributed by atoms with Gasteiger partial charge in [0.25, 0.3) is 0 Å². The first kappa shape index (κ1) is 14.5. The summed E-state index contributed by atoms with van der Waals surface area (Å²) in [6, 6.07) is 10.6. The molecular formula is C18H25N3. The van der Waals surface area contributed by atoms with Crippen LogP contribution in [-0.2, 0) is 6.54 Å². The molecule has 1 saturated heterocycles. The third-order valence-corrected chi connectivity index (χ3v) is 4.54. The maximum absolute atomic E-state index is 4.47. The van der Waals surface area contributed by atoms with Crippen LogP contribution >= 0.6 is 0 Å². The lowest BCUT2D eigenvalue weighted by Crippen LogP contribution is -2.65. The van der Waals surface area contributed by atoms with Crippen molar-refractivity contribution in [1.82, 2.24) is 15.2 Å². The van der Waals surface area contributed by atoms with Gasteiger partial charge in [0.05, 0.1) is 5.52 Å². The normalized spacial score (nSPS) is 21.5. The zero-order chi connectivity index (χ0) is 15.1. The Morgan fingerprint density at radius 1 is 1.14 bits per heavy atom. The van der Waals surface area contributed by atoms with E-state index in [2.05, 4.69) is 73.2 Å². The second-order valence-electron chi connectivity index (χ2n) is 7.39. The molecule has 0 amide bonds. The SMILES string of the molecule is CC1(C)CN(Cc2ccnc3ccccc23)C(C)(C)CN1. The lowest BCUT2D eigenvalue weighted by Gasteiger charge is -2.49. The molecule has 2 aromatic rings. The fourth-order valence-electron chi connectivity index (χ4n) is 3.08. The Bertz CT molecular complexity index is 640. The Kier molecular flexibility index (Phi) is 3.50. The van der Waals surface area contributed by atoms with E-state index in [0.29, 0.717) is 0 Å². The second-order valence-corrected chi connectivity index (χ2v) is 7.39. The molecule has 3 heteroatoms. The predicted molar refractivity (Wildman–Crippen MR) is 88.3 cm³/mol. The fourth-order valence-corrected chi connectivity index (χ4v) is 3.08. The van der Waals surface area contributed by atoms with Crippen molar-refractivity contribution >= 4 is 10.9 Å². The lowest BCUT2D eigenvalue weighted by molar-refractivity contribution is 0.0327. The van der Waals surface area contributed by atoms with E-state index < -0.39 is 0 Å². The molecule has 1 aromatic heterocycles. The minimum atomic E-state index is 0.165. The fraction of sp³-hybridized carbons (Fsp3) is 0.500. The van der Waals surface area contributed by atoms with Gasteiger partial charge in [-0.15, -0.1) is 0 Å². The van der Waals surface area contributed by atoms with E-state index in [9.17, 15) is 0 Å². The van der Waals surface area contributed by atoms with E-state index in [1.54, 1.807) is 0 Å². The van der Waals surface area contributed by atoms with Gasteiger partial charge in [-0.2, -0.15) is 0 Å². The molecule has 1 N–H and O–H groups in total. The van der Waals surface area contributed by atoms with Crippen LogP contribution in [0.2, 0.25) is 0 Å². The zero-order valence-electron chi connectivity index (χ0n) is 13.5. The number of rotatable bonds is 2. The first-order valence-corrected chi connectivity index (χ1v) is 7.70. The molecule has 21 heavy (non-hydrogen) atoms. The number of piperazine rings is 1. The molecule has 0 atom stereocenters. The van der Waals surface area contributed by atoms with Crippen LogP contribution in [-0.4, -0.2) is 34.1 Å². The molecule has 0 radical (unpaired) electrons. The molecule has 1 aromatic carbocycles. The highest BCUT2D eigenvalue weighted by atomic mass is 15.3. The number of aromatic nitrogens is 1. The van der Waals surface area contributed by atoms with Crippen LogP contribution in [0.4, 0.5) is 0 Å². The minimum absolute atomic E-state index is 0.165. The Labute approximate surface area is 127 Å². The largest absolute Gasteiger partial charge is 0.309 e. The predicted octanol–water partition coefficient (Wildman–Crippen LogP) is 3.20. The molecule has 0 bridgehead atoms. The van der Waals surface area contributed by atoms with Crippen LogP contribution in [0.15, 0.2) is 36.5 Å². The average Bonchev–Trinajstić information content (AvgIpc) is 2.44. The molecule has 2 heterocycles. The summed E-state index contributed by atoms with van der Waals surface area (Å²) in [7, 11) is 0. The van der Waals surface area contributed by atoms with Crippen molar-refractivity contribution in [2.24, 2.45) is 0 Å². The zero-order valence-corrected chi connectivity index (χ0v) is 13.5. The van der Waals surface area contributed by atoms with Gasteiger partial charge in [-0.05, 0) is 45.4 Å². The van der Waals surface area contributed by atoms with Crippen LogP contribution in [0, 0.1) is 0 Å². The van der Waals surface area contributed by atoms with Gasteiger partial charge in [0.15, 0.2) is 0 Å². The van der Waals surface area contributed by atoms with Crippen LogP contribution < -0.4 is 5.32 Å². The van der Waals surface area contributed by atoms with Gasteiger partial charge in [-0.25, -0.2) is 0 Å². The molecule has 1 fully saturated rings. The molecule has 0 unspecified atom stereocenters. The summed E-state index contributed by atoms with van der Waals surface area (Å²) in [6.45, 7) is 12.2. The highest BCUT2D eigenvalue weighted by Crippen LogP contribution is 2.27. The van der Waals surface area contributed by atoms with Crippen molar-refractivity contribution in [3.05, 3.63) is 42.1 Å².